The molecule has 1 aliphatic rings. The Morgan fingerprint density at radius 2 is 2.40 bits per heavy atom. The van der Waals surface area contributed by atoms with Crippen molar-refractivity contribution in [3.05, 3.63) is 28.8 Å². The minimum Gasteiger partial charge on any atom is -0.496 e. The van der Waals surface area contributed by atoms with Gasteiger partial charge in [-0.2, -0.15) is 0 Å². The number of morpholine rings is 1. The summed E-state index contributed by atoms with van der Waals surface area (Å²) in [5.74, 6) is 0.849. The Kier molecular flexibility index (Phi) is 3.46. The van der Waals surface area contributed by atoms with E-state index in [-0.39, 0.29) is 6.04 Å². The van der Waals surface area contributed by atoms with Crippen molar-refractivity contribution >= 4 is 11.6 Å². The third-order valence-electron chi connectivity index (χ3n) is 2.49. The lowest BCUT2D eigenvalue weighted by Crippen LogP contribution is -2.34. The van der Waals surface area contributed by atoms with Crippen molar-refractivity contribution < 1.29 is 9.47 Å². The van der Waals surface area contributed by atoms with Crippen LogP contribution in [0.3, 0.4) is 0 Å². The van der Waals surface area contributed by atoms with Crippen LogP contribution in [0.15, 0.2) is 18.2 Å². The summed E-state index contributed by atoms with van der Waals surface area (Å²) >= 11 is 5.97. The van der Waals surface area contributed by atoms with Crippen molar-refractivity contribution in [2.75, 3.05) is 26.9 Å². The molecular weight excluding hydrogens is 214 g/mol. The van der Waals surface area contributed by atoms with Gasteiger partial charge in [-0.3, -0.25) is 0 Å². The van der Waals surface area contributed by atoms with Crippen LogP contribution in [0.1, 0.15) is 11.6 Å². The van der Waals surface area contributed by atoms with Gasteiger partial charge >= 0.3 is 0 Å². The van der Waals surface area contributed by atoms with Gasteiger partial charge in [0.25, 0.3) is 0 Å². The quantitative estimate of drug-likeness (QED) is 0.839. The minimum atomic E-state index is 0.174. The van der Waals surface area contributed by atoms with E-state index in [2.05, 4.69) is 5.32 Å². The predicted octanol–water partition coefficient (Wildman–Crippen LogP) is 2.01. The Bertz CT molecular complexity index is 337. The summed E-state index contributed by atoms with van der Waals surface area (Å²) in [6.45, 7) is 2.29. The van der Waals surface area contributed by atoms with E-state index in [0.29, 0.717) is 6.61 Å². The minimum absolute atomic E-state index is 0.174. The third-order valence-corrected chi connectivity index (χ3v) is 2.72. The topological polar surface area (TPSA) is 30.5 Å². The summed E-state index contributed by atoms with van der Waals surface area (Å²) < 4.78 is 10.7. The lowest BCUT2D eigenvalue weighted by atomic mass is 10.1. The molecule has 1 aliphatic heterocycles. The molecule has 0 saturated carbocycles. The third kappa shape index (κ3) is 2.43. The van der Waals surface area contributed by atoms with Crippen LogP contribution >= 0.6 is 11.6 Å². The van der Waals surface area contributed by atoms with Gasteiger partial charge in [-0.25, -0.2) is 0 Å². The first-order chi connectivity index (χ1) is 7.31. The largest absolute Gasteiger partial charge is 0.496 e. The number of ether oxygens (including phenoxy) is 2. The second-order valence-electron chi connectivity index (χ2n) is 3.47. The van der Waals surface area contributed by atoms with Crippen LogP contribution in [0, 0.1) is 0 Å². The highest BCUT2D eigenvalue weighted by atomic mass is 35.5. The SMILES string of the molecule is COc1ccc(Cl)cc1[C@H]1COCCN1. The highest BCUT2D eigenvalue weighted by Gasteiger charge is 2.19. The van der Waals surface area contributed by atoms with E-state index in [4.69, 9.17) is 21.1 Å². The van der Waals surface area contributed by atoms with Crippen molar-refractivity contribution in [3.8, 4) is 5.75 Å². The van der Waals surface area contributed by atoms with Crippen LogP contribution in [0.5, 0.6) is 5.75 Å². The van der Waals surface area contributed by atoms with E-state index >= 15 is 0 Å². The van der Waals surface area contributed by atoms with Crippen molar-refractivity contribution in [2.45, 2.75) is 6.04 Å². The summed E-state index contributed by atoms with van der Waals surface area (Å²) in [5.41, 5.74) is 1.06. The fourth-order valence-corrected chi connectivity index (χ4v) is 1.92. The van der Waals surface area contributed by atoms with Crippen LogP contribution in [0.4, 0.5) is 0 Å². The highest BCUT2D eigenvalue weighted by Crippen LogP contribution is 2.29. The first kappa shape index (κ1) is 10.7. The van der Waals surface area contributed by atoms with Gasteiger partial charge in [0.1, 0.15) is 5.75 Å². The zero-order chi connectivity index (χ0) is 10.7. The monoisotopic (exact) mass is 227 g/mol. The molecule has 1 aromatic rings. The maximum atomic E-state index is 5.97. The van der Waals surface area contributed by atoms with Crippen LogP contribution < -0.4 is 10.1 Å². The van der Waals surface area contributed by atoms with E-state index in [1.807, 2.05) is 18.2 Å². The predicted molar refractivity (Wildman–Crippen MR) is 59.6 cm³/mol. The molecule has 0 spiro atoms. The molecule has 1 atom stereocenters. The fourth-order valence-electron chi connectivity index (χ4n) is 1.74. The van der Waals surface area contributed by atoms with Gasteiger partial charge in [0, 0.05) is 17.1 Å². The normalized spacial score (nSPS) is 21.3. The Morgan fingerprint density at radius 3 is 3.07 bits per heavy atom. The summed E-state index contributed by atoms with van der Waals surface area (Å²) in [6.07, 6.45) is 0. The van der Waals surface area contributed by atoms with Crippen LogP contribution in [-0.2, 0) is 4.74 Å². The molecule has 2 rings (SSSR count). The smallest absolute Gasteiger partial charge is 0.123 e. The molecule has 1 N–H and O–H groups in total. The van der Waals surface area contributed by atoms with Crippen LogP contribution in [0.2, 0.25) is 5.02 Å². The van der Waals surface area contributed by atoms with Crippen molar-refractivity contribution in [2.24, 2.45) is 0 Å². The Labute approximate surface area is 94.3 Å². The number of hydrogen-bond donors (Lipinski definition) is 1. The maximum Gasteiger partial charge on any atom is 0.123 e. The van der Waals surface area contributed by atoms with Gasteiger partial charge in [0.15, 0.2) is 0 Å². The number of methoxy groups -OCH3 is 1. The summed E-state index contributed by atoms with van der Waals surface area (Å²) in [6, 6.07) is 5.81. The van der Waals surface area contributed by atoms with E-state index in [1.54, 1.807) is 7.11 Å². The molecule has 0 bridgehead atoms. The van der Waals surface area contributed by atoms with Crippen molar-refractivity contribution in [3.63, 3.8) is 0 Å². The standard InChI is InChI=1S/C11H14ClNO2/c1-14-11-3-2-8(12)6-9(11)10-7-15-5-4-13-10/h2-3,6,10,13H,4-5,7H2,1H3/t10-/m1/s1. The molecule has 0 radical (unpaired) electrons. The molecule has 1 heterocycles. The molecule has 82 valence electrons. The number of halogens is 1. The summed E-state index contributed by atoms with van der Waals surface area (Å²) in [5, 5.41) is 4.09. The molecular formula is C11H14ClNO2. The molecule has 1 aromatic carbocycles. The highest BCUT2D eigenvalue weighted by molar-refractivity contribution is 6.30. The average Bonchev–Trinajstić information content (AvgIpc) is 2.30. The molecule has 4 heteroatoms. The lowest BCUT2D eigenvalue weighted by Gasteiger charge is -2.25. The zero-order valence-electron chi connectivity index (χ0n) is 8.63. The molecule has 1 fully saturated rings. The van der Waals surface area contributed by atoms with E-state index < -0.39 is 0 Å². The molecule has 0 unspecified atom stereocenters. The first-order valence-electron chi connectivity index (χ1n) is 4.96. The van der Waals surface area contributed by atoms with Crippen LogP contribution in [0.25, 0.3) is 0 Å². The van der Waals surface area contributed by atoms with Crippen molar-refractivity contribution in [1.82, 2.24) is 5.32 Å². The number of benzene rings is 1. The molecule has 0 amide bonds. The lowest BCUT2D eigenvalue weighted by molar-refractivity contribution is 0.0760. The van der Waals surface area contributed by atoms with Gasteiger partial charge in [0.05, 0.1) is 26.4 Å². The van der Waals surface area contributed by atoms with Crippen molar-refractivity contribution in [1.29, 1.82) is 0 Å². The molecule has 3 nitrogen and oxygen atoms in total. The zero-order valence-corrected chi connectivity index (χ0v) is 9.38. The van der Waals surface area contributed by atoms with Gasteiger partial charge in [-0.1, -0.05) is 11.6 Å². The number of nitrogens with one attached hydrogen (secondary N) is 1. The second kappa shape index (κ2) is 4.84. The molecule has 15 heavy (non-hydrogen) atoms. The van der Waals surface area contributed by atoms with E-state index in [0.717, 1.165) is 29.5 Å². The first-order valence-corrected chi connectivity index (χ1v) is 5.33. The van der Waals surface area contributed by atoms with E-state index in [1.165, 1.54) is 0 Å². The van der Waals surface area contributed by atoms with Gasteiger partial charge in [0.2, 0.25) is 0 Å². The number of rotatable bonds is 2. The summed E-state index contributed by atoms with van der Waals surface area (Å²) in [4.78, 5) is 0. The molecule has 0 aliphatic carbocycles. The van der Waals surface area contributed by atoms with Crippen LogP contribution in [-0.4, -0.2) is 26.9 Å². The maximum absolute atomic E-state index is 5.97. The fraction of sp³-hybridized carbons (Fsp3) is 0.455. The Hall–Kier alpha value is -0.770. The van der Waals surface area contributed by atoms with Gasteiger partial charge in [-0.05, 0) is 18.2 Å². The Balaban J connectivity index is 2.27. The van der Waals surface area contributed by atoms with Gasteiger partial charge in [-0.15, -0.1) is 0 Å². The van der Waals surface area contributed by atoms with E-state index in [9.17, 15) is 0 Å². The molecule has 0 aromatic heterocycles. The number of hydrogen-bond acceptors (Lipinski definition) is 3. The average molecular weight is 228 g/mol. The molecule has 1 saturated heterocycles. The second-order valence-corrected chi connectivity index (χ2v) is 3.90. The summed E-state index contributed by atoms with van der Waals surface area (Å²) in [7, 11) is 1.66. The Morgan fingerprint density at radius 1 is 1.53 bits per heavy atom. The van der Waals surface area contributed by atoms with Gasteiger partial charge < -0.3 is 14.8 Å².